The van der Waals surface area contributed by atoms with Crippen LogP contribution in [0.1, 0.15) is 6.92 Å². The Bertz CT molecular complexity index is 157. The maximum absolute atomic E-state index is 10.5. The van der Waals surface area contributed by atoms with Gasteiger partial charge in [0.1, 0.15) is 0 Å². The van der Waals surface area contributed by atoms with Crippen LogP contribution in [0.2, 0.25) is 0 Å². The van der Waals surface area contributed by atoms with Crippen molar-refractivity contribution < 1.29 is 14.3 Å². The van der Waals surface area contributed by atoms with Gasteiger partial charge in [-0.3, -0.25) is 4.79 Å². The molecular weight excluding hydrogens is 154 g/mol. The van der Waals surface area contributed by atoms with Crippen molar-refractivity contribution in [2.45, 2.75) is 6.92 Å². The van der Waals surface area contributed by atoms with Crippen LogP contribution < -0.4 is 5.32 Å². The molecule has 0 saturated heterocycles. The second-order valence-corrected chi connectivity index (χ2v) is 1.72. The zero-order valence-corrected chi connectivity index (χ0v) is 6.23. The van der Waals surface area contributed by atoms with Crippen LogP contribution in [-0.4, -0.2) is 24.0 Å². The highest BCUT2D eigenvalue weighted by Gasteiger charge is 2.07. The van der Waals surface area contributed by atoms with E-state index in [2.05, 4.69) is 17.0 Å². The zero-order chi connectivity index (χ0) is 7.98. The van der Waals surface area contributed by atoms with Gasteiger partial charge in [-0.25, -0.2) is 4.79 Å². The third-order valence-electron chi connectivity index (χ3n) is 0.651. The summed E-state index contributed by atoms with van der Waals surface area (Å²) in [5.74, 6) is -0.676. The topological polar surface area (TPSA) is 55.4 Å². The summed E-state index contributed by atoms with van der Waals surface area (Å²) in [4.78, 5) is 20.1. The van der Waals surface area contributed by atoms with Crippen molar-refractivity contribution in [1.82, 2.24) is 5.32 Å². The van der Waals surface area contributed by atoms with Gasteiger partial charge in [-0.05, 0) is 6.92 Å². The number of hydrogen-bond acceptors (Lipinski definition) is 4. The summed E-state index contributed by atoms with van der Waals surface area (Å²) in [7, 11) is 0. The molecule has 0 aromatic heterocycles. The molecule has 10 heavy (non-hydrogen) atoms. The highest BCUT2D eigenvalue weighted by atomic mass is 32.1. The summed E-state index contributed by atoms with van der Waals surface area (Å²) in [5, 5.41) is 2.01. The summed E-state index contributed by atoms with van der Waals surface area (Å²) >= 11 is 4.42. The smallest absolute Gasteiger partial charge is 0.366 e. The van der Waals surface area contributed by atoms with E-state index >= 15 is 0 Å². The van der Waals surface area contributed by atoms with Crippen molar-refractivity contribution in [2.75, 3.05) is 6.61 Å². The Labute approximate surface area is 63.5 Å². The number of nitrogens with one attached hydrogen (secondary N) is 1. The van der Waals surface area contributed by atoms with E-state index in [4.69, 9.17) is 0 Å². The van der Waals surface area contributed by atoms with Gasteiger partial charge in [-0.15, -0.1) is 0 Å². The minimum absolute atomic E-state index is 0.211. The monoisotopic (exact) mass is 161 g/mol. The van der Waals surface area contributed by atoms with Crippen LogP contribution in [0.15, 0.2) is 0 Å². The standard InChI is InChI=1S/C5H7NO3S/c1-2-9-5(8)4(10)6-3-7/h3H,2H2,1H3,(H,6,7,10). The lowest BCUT2D eigenvalue weighted by Gasteiger charge is -1.99. The number of carbonyl (C=O) groups excluding carboxylic acids is 2. The molecule has 0 bridgehead atoms. The van der Waals surface area contributed by atoms with Gasteiger partial charge < -0.3 is 10.1 Å². The molecule has 0 aliphatic carbocycles. The van der Waals surface area contributed by atoms with Crippen LogP contribution in [0.5, 0.6) is 0 Å². The second kappa shape index (κ2) is 4.87. The maximum Gasteiger partial charge on any atom is 0.366 e. The molecule has 0 spiro atoms. The fourth-order valence-corrected chi connectivity index (χ4v) is 0.416. The number of esters is 1. The number of carbonyl (C=O) groups is 2. The molecule has 1 N–H and O–H groups in total. The predicted octanol–water partition coefficient (Wildman–Crippen LogP) is -0.377. The Morgan fingerprint density at radius 3 is 2.80 bits per heavy atom. The lowest BCUT2D eigenvalue weighted by atomic mass is 10.6. The first-order valence-corrected chi connectivity index (χ1v) is 3.04. The highest BCUT2D eigenvalue weighted by Crippen LogP contribution is 1.79. The molecule has 0 unspecified atom stereocenters. The Balaban J connectivity index is 3.70. The zero-order valence-electron chi connectivity index (χ0n) is 5.42. The summed E-state index contributed by atoms with van der Waals surface area (Å²) in [6, 6.07) is 0. The summed E-state index contributed by atoms with van der Waals surface area (Å²) in [6.45, 7) is 1.90. The summed E-state index contributed by atoms with van der Waals surface area (Å²) < 4.78 is 4.45. The third kappa shape index (κ3) is 3.13. The van der Waals surface area contributed by atoms with Gasteiger partial charge in [0.05, 0.1) is 6.61 Å². The molecule has 0 atom stereocenters. The average molecular weight is 161 g/mol. The van der Waals surface area contributed by atoms with E-state index in [-0.39, 0.29) is 11.6 Å². The fraction of sp³-hybridized carbons (Fsp3) is 0.400. The second-order valence-electron chi connectivity index (χ2n) is 1.31. The van der Waals surface area contributed by atoms with Gasteiger partial charge in [0, 0.05) is 0 Å². The van der Waals surface area contributed by atoms with Gasteiger partial charge in [0.25, 0.3) is 0 Å². The molecule has 0 aromatic carbocycles. The molecule has 0 fully saturated rings. The van der Waals surface area contributed by atoms with E-state index in [9.17, 15) is 9.59 Å². The van der Waals surface area contributed by atoms with Crippen molar-refractivity contribution in [1.29, 1.82) is 0 Å². The average Bonchev–Trinajstić information content (AvgIpc) is 1.89. The Morgan fingerprint density at radius 1 is 1.80 bits per heavy atom. The van der Waals surface area contributed by atoms with Crippen LogP contribution in [-0.2, 0) is 14.3 Å². The Hall–Kier alpha value is -0.970. The minimum Gasteiger partial charge on any atom is -0.461 e. The van der Waals surface area contributed by atoms with Gasteiger partial charge in [0.2, 0.25) is 6.41 Å². The fourth-order valence-electron chi connectivity index (χ4n) is 0.309. The number of hydrogen-bond donors (Lipinski definition) is 1. The molecule has 0 radical (unpaired) electrons. The molecule has 0 aliphatic rings. The molecule has 5 heteroatoms. The first-order chi connectivity index (χ1) is 4.72. The van der Waals surface area contributed by atoms with Crippen LogP contribution >= 0.6 is 12.2 Å². The van der Waals surface area contributed by atoms with Crippen LogP contribution in [0.3, 0.4) is 0 Å². The van der Waals surface area contributed by atoms with E-state index in [0.717, 1.165) is 0 Å². The summed E-state index contributed by atoms with van der Waals surface area (Å²) in [6.07, 6.45) is 0.333. The largest absolute Gasteiger partial charge is 0.461 e. The molecule has 1 amide bonds. The predicted molar refractivity (Wildman–Crippen MR) is 38.4 cm³/mol. The van der Waals surface area contributed by atoms with Gasteiger partial charge in [0.15, 0.2) is 4.99 Å². The Morgan fingerprint density at radius 2 is 2.40 bits per heavy atom. The van der Waals surface area contributed by atoms with Crippen molar-refractivity contribution in [2.24, 2.45) is 0 Å². The van der Waals surface area contributed by atoms with E-state index in [1.165, 1.54) is 0 Å². The summed E-state index contributed by atoms with van der Waals surface area (Å²) in [5.41, 5.74) is 0. The van der Waals surface area contributed by atoms with Crippen molar-refractivity contribution in [3.05, 3.63) is 0 Å². The molecule has 56 valence electrons. The molecule has 0 aromatic rings. The highest BCUT2D eigenvalue weighted by molar-refractivity contribution is 7.82. The molecule has 0 aliphatic heterocycles. The normalized spacial score (nSPS) is 8.10. The lowest BCUT2D eigenvalue weighted by Crippen LogP contribution is -2.29. The first kappa shape index (κ1) is 9.03. The van der Waals surface area contributed by atoms with Crippen molar-refractivity contribution >= 4 is 29.6 Å². The van der Waals surface area contributed by atoms with Gasteiger partial charge >= 0.3 is 5.97 Å². The SMILES string of the molecule is CCOC(=O)C(=S)NC=O. The molecule has 4 nitrogen and oxygen atoms in total. The van der Waals surface area contributed by atoms with Crippen LogP contribution in [0.4, 0.5) is 0 Å². The van der Waals surface area contributed by atoms with Crippen LogP contribution in [0, 0.1) is 0 Å². The van der Waals surface area contributed by atoms with Crippen molar-refractivity contribution in [3.63, 3.8) is 0 Å². The van der Waals surface area contributed by atoms with Gasteiger partial charge in [-0.2, -0.15) is 0 Å². The Kier molecular flexibility index (Phi) is 4.39. The van der Waals surface area contributed by atoms with E-state index in [1.807, 2.05) is 5.32 Å². The lowest BCUT2D eigenvalue weighted by molar-refractivity contribution is -0.135. The molecule has 0 saturated carbocycles. The molecular formula is C5H7NO3S. The van der Waals surface area contributed by atoms with E-state index < -0.39 is 5.97 Å². The van der Waals surface area contributed by atoms with E-state index in [0.29, 0.717) is 6.41 Å². The van der Waals surface area contributed by atoms with Gasteiger partial charge in [-0.1, -0.05) is 12.2 Å². The quantitative estimate of drug-likeness (QED) is 0.341. The number of amides is 1. The number of ether oxygens (including phenoxy) is 1. The first-order valence-electron chi connectivity index (χ1n) is 2.63. The number of thiocarbonyl (C=S) groups is 1. The maximum atomic E-state index is 10.5. The van der Waals surface area contributed by atoms with Crippen LogP contribution in [0.25, 0.3) is 0 Å². The van der Waals surface area contributed by atoms with E-state index in [1.54, 1.807) is 6.92 Å². The van der Waals surface area contributed by atoms with Crippen molar-refractivity contribution in [3.8, 4) is 0 Å². The molecule has 0 rings (SSSR count). The molecule has 0 heterocycles. The minimum atomic E-state index is -0.676. The third-order valence-corrected chi connectivity index (χ3v) is 0.935. The number of rotatable bonds is 2.